The summed E-state index contributed by atoms with van der Waals surface area (Å²) in [5.74, 6) is 1.48. The van der Waals surface area contributed by atoms with Gasteiger partial charge in [0.2, 0.25) is 0 Å². The molecule has 29 heavy (non-hydrogen) atoms. The third-order valence-electron chi connectivity index (χ3n) is 4.78. The van der Waals surface area contributed by atoms with Gasteiger partial charge < -0.3 is 9.47 Å². The molecule has 1 aliphatic heterocycles. The van der Waals surface area contributed by atoms with Gasteiger partial charge in [-0.3, -0.25) is 4.90 Å². The Morgan fingerprint density at radius 1 is 1.03 bits per heavy atom. The minimum atomic E-state index is 0.415. The number of halogens is 2. The lowest BCUT2D eigenvalue weighted by Crippen LogP contribution is -2.38. The summed E-state index contributed by atoms with van der Waals surface area (Å²) in [5.41, 5.74) is 1.65. The minimum Gasteiger partial charge on any atom is -0.492 e. The molecule has 0 amide bonds. The molecule has 152 valence electrons. The van der Waals surface area contributed by atoms with Crippen LogP contribution in [0.2, 0.25) is 10.0 Å². The van der Waals surface area contributed by atoms with E-state index in [1.165, 1.54) is 0 Å². The molecule has 0 spiro atoms. The molecule has 0 aliphatic carbocycles. The molecule has 0 saturated carbocycles. The van der Waals surface area contributed by atoms with Gasteiger partial charge in [0, 0.05) is 31.6 Å². The highest BCUT2D eigenvalue weighted by Crippen LogP contribution is 2.29. The first-order chi connectivity index (χ1) is 14.2. The Kier molecular flexibility index (Phi) is 6.61. The van der Waals surface area contributed by atoms with Gasteiger partial charge in [0.15, 0.2) is 5.82 Å². The van der Waals surface area contributed by atoms with Crippen LogP contribution >= 0.6 is 23.2 Å². The zero-order chi connectivity index (χ0) is 20.1. The Bertz CT molecular complexity index is 960. The van der Waals surface area contributed by atoms with Gasteiger partial charge >= 0.3 is 0 Å². The molecule has 7 nitrogen and oxygen atoms in total. The molecule has 9 heteroatoms. The molecule has 2 heterocycles. The van der Waals surface area contributed by atoms with Crippen LogP contribution in [0, 0.1) is 0 Å². The predicted molar refractivity (Wildman–Crippen MR) is 111 cm³/mol. The molecule has 1 saturated heterocycles. The van der Waals surface area contributed by atoms with Crippen molar-refractivity contribution in [3.8, 4) is 11.4 Å². The first kappa shape index (κ1) is 20.1. The first-order valence-electron chi connectivity index (χ1n) is 9.45. The van der Waals surface area contributed by atoms with Crippen LogP contribution in [-0.4, -0.2) is 64.6 Å². The number of rotatable bonds is 7. The van der Waals surface area contributed by atoms with Crippen LogP contribution in [0.3, 0.4) is 0 Å². The maximum atomic E-state index is 6.35. The quantitative estimate of drug-likeness (QED) is 0.569. The van der Waals surface area contributed by atoms with Gasteiger partial charge in [0.25, 0.3) is 0 Å². The summed E-state index contributed by atoms with van der Waals surface area (Å²) < 4.78 is 13.1. The molecule has 0 atom stereocenters. The van der Waals surface area contributed by atoms with Crippen molar-refractivity contribution in [1.29, 1.82) is 0 Å². The zero-order valence-corrected chi connectivity index (χ0v) is 17.3. The summed E-state index contributed by atoms with van der Waals surface area (Å²) in [5, 5.41) is 13.0. The fourth-order valence-corrected chi connectivity index (χ4v) is 3.61. The molecular weight excluding hydrogens is 413 g/mol. The van der Waals surface area contributed by atoms with Gasteiger partial charge in [-0.2, -0.15) is 4.68 Å². The lowest BCUT2D eigenvalue weighted by atomic mass is 10.1. The van der Waals surface area contributed by atoms with Crippen LogP contribution in [0.25, 0.3) is 5.69 Å². The molecule has 1 aromatic heterocycles. The minimum absolute atomic E-state index is 0.415. The van der Waals surface area contributed by atoms with E-state index in [0.717, 1.165) is 44.2 Å². The topological polar surface area (TPSA) is 65.3 Å². The van der Waals surface area contributed by atoms with Gasteiger partial charge in [0.1, 0.15) is 12.4 Å². The van der Waals surface area contributed by atoms with Crippen molar-refractivity contribution in [2.24, 2.45) is 0 Å². The van der Waals surface area contributed by atoms with Crippen LogP contribution < -0.4 is 4.74 Å². The van der Waals surface area contributed by atoms with E-state index >= 15 is 0 Å². The van der Waals surface area contributed by atoms with E-state index in [9.17, 15) is 0 Å². The number of nitrogens with zero attached hydrogens (tertiary/aromatic N) is 5. The molecule has 1 aliphatic rings. The van der Waals surface area contributed by atoms with Crippen molar-refractivity contribution < 1.29 is 9.47 Å². The summed E-state index contributed by atoms with van der Waals surface area (Å²) in [6.45, 7) is 4.94. The molecule has 0 bridgehead atoms. The lowest BCUT2D eigenvalue weighted by Gasteiger charge is -2.26. The Morgan fingerprint density at radius 2 is 1.86 bits per heavy atom. The number of aromatic nitrogens is 4. The fourth-order valence-electron chi connectivity index (χ4n) is 3.23. The summed E-state index contributed by atoms with van der Waals surface area (Å²) in [6.07, 6.45) is 0.504. The molecule has 4 rings (SSSR count). The average molecular weight is 434 g/mol. The Hall–Kier alpha value is -2.19. The Balaban J connectivity index is 1.48. The van der Waals surface area contributed by atoms with Crippen molar-refractivity contribution in [1.82, 2.24) is 25.1 Å². The summed E-state index contributed by atoms with van der Waals surface area (Å²) in [7, 11) is 0. The van der Waals surface area contributed by atoms with E-state index < -0.39 is 0 Å². The summed E-state index contributed by atoms with van der Waals surface area (Å²) >= 11 is 12.5. The third-order valence-corrected chi connectivity index (χ3v) is 5.59. The van der Waals surface area contributed by atoms with Crippen LogP contribution in [-0.2, 0) is 11.2 Å². The highest BCUT2D eigenvalue weighted by atomic mass is 35.5. The largest absolute Gasteiger partial charge is 0.492 e. The maximum absolute atomic E-state index is 6.35. The van der Waals surface area contributed by atoms with E-state index in [0.29, 0.717) is 34.6 Å². The fraction of sp³-hybridized carbons (Fsp3) is 0.350. The number of hydrogen-bond acceptors (Lipinski definition) is 6. The SMILES string of the molecule is Clc1cccc(-n2nnnc2Cc2ccccc2OCCN2CCOCC2)c1Cl. The molecule has 1 fully saturated rings. The van der Waals surface area contributed by atoms with Gasteiger partial charge in [-0.15, -0.1) is 5.10 Å². The maximum Gasteiger partial charge on any atom is 0.161 e. The van der Waals surface area contributed by atoms with Gasteiger partial charge in [-0.1, -0.05) is 47.5 Å². The molecule has 0 unspecified atom stereocenters. The molecular formula is C20H21Cl2N5O2. The highest BCUT2D eigenvalue weighted by Gasteiger charge is 2.16. The van der Waals surface area contributed by atoms with Gasteiger partial charge in [0.05, 0.1) is 28.9 Å². The first-order valence-corrected chi connectivity index (χ1v) is 10.2. The van der Waals surface area contributed by atoms with E-state index in [-0.39, 0.29) is 0 Å². The normalized spacial score (nSPS) is 14.8. The van der Waals surface area contributed by atoms with Crippen molar-refractivity contribution in [2.75, 3.05) is 39.5 Å². The van der Waals surface area contributed by atoms with Gasteiger partial charge in [-0.25, -0.2) is 0 Å². The van der Waals surface area contributed by atoms with Crippen molar-refractivity contribution in [3.63, 3.8) is 0 Å². The predicted octanol–water partition coefficient (Wildman–Crippen LogP) is 3.27. The number of para-hydroxylation sites is 1. The van der Waals surface area contributed by atoms with Crippen LogP contribution in [0.4, 0.5) is 0 Å². The van der Waals surface area contributed by atoms with Gasteiger partial charge in [-0.05, 0) is 28.6 Å². The van der Waals surface area contributed by atoms with Crippen molar-refractivity contribution in [3.05, 3.63) is 63.9 Å². The van der Waals surface area contributed by atoms with E-state index in [1.807, 2.05) is 36.4 Å². The molecule has 2 aromatic carbocycles. The second-order valence-corrected chi connectivity index (χ2v) is 7.45. The van der Waals surface area contributed by atoms with Crippen molar-refractivity contribution >= 4 is 23.2 Å². The molecule has 3 aromatic rings. The van der Waals surface area contributed by atoms with Crippen LogP contribution in [0.5, 0.6) is 5.75 Å². The Morgan fingerprint density at radius 3 is 2.72 bits per heavy atom. The average Bonchev–Trinajstić information content (AvgIpc) is 3.20. The standard InChI is InChI=1S/C20H21Cl2N5O2/c21-16-5-3-6-17(20(16)22)27-19(23-24-25-27)14-15-4-1-2-7-18(15)29-13-10-26-8-11-28-12-9-26/h1-7H,8-14H2. The smallest absolute Gasteiger partial charge is 0.161 e. The third kappa shape index (κ3) is 4.87. The number of hydrogen-bond donors (Lipinski definition) is 0. The summed E-state index contributed by atoms with van der Waals surface area (Å²) in [6, 6.07) is 13.3. The monoisotopic (exact) mass is 433 g/mol. The number of benzene rings is 2. The molecule has 0 radical (unpaired) electrons. The Labute approximate surface area is 179 Å². The zero-order valence-electron chi connectivity index (χ0n) is 15.8. The highest BCUT2D eigenvalue weighted by molar-refractivity contribution is 6.43. The lowest BCUT2D eigenvalue weighted by molar-refractivity contribution is 0.0322. The van der Waals surface area contributed by atoms with Crippen molar-refractivity contribution in [2.45, 2.75) is 6.42 Å². The number of morpholine rings is 1. The second-order valence-electron chi connectivity index (χ2n) is 6.67. The van der Waals surface area contributed by atoms with E-state index in [2.05, 4.69) is 20.4 Å². The number of tetrazole rings is 1. The number of ether oxygens (including phenoxy) is 2. The second kappa shape index (κ2) is 9.54. The van der Waals surface area contributed by atoms with Crippen LogP contribution in [0.15, 0.2) is 42.5 Å². The van der Waals surface area contributed by atoms with E-state index in [4.69, 9.17) is 32.7 Å². The summed E-state index contributed by atoms with van der Waals surface area (Å²) in [4.78, 5) is 2.34. The molecule has 0 N–H and O–H groups in total. The van der Waals surface area contributed by atoms with E-state index in [1.54, 1.807) is 10.7 Å². The van der Waals surface area contributed by atoms with Crippen LogP contribution in [0.1, 0.15) is 11.4 Å².